The molecule has 1 aromatic carbocycles. The van der Waals surface area contributed by atoms with Crippen molar-refractivity contribution in [2.75, 3.05) is 7.11 Å². The normalized spacial score (nSPS) is 11.2. The van der Waals surface area contributed by atoms with Gasteiger partial charge in [-0.2, -0.15) is 6.08 Å². The molecule has 10 nitrogen and oxygen atoms in total. The van der Waals surface area contributed by atoms with Gasteiger partial charge in [0.25, 0.3) is 6.47 Å². The number of nitrogens with two attached hydrogens (primary N) is 1. The molecule has 0 unspecified atom stereocenters. The van der Waals surface area contributed by atoms with E-state index >= 15 is 0 Å². The number of pyridine rings is 2. The van der Waals surface area contributed by atoms with Crippen LogP contribution in [0.15, 0.2) is 127 Å². The van der Waals surface area contributed by atoms with Crippen molar-refractivity contribution in [3.8, 4) is 11.3 Å². The number of ether oxygens (including phenoxy) is 1. The number of unbranched alkanes of at least 4 members (excludes halogenated alkanes) is 1. The number of primary amides is 1. The summed E-state index contributed by atoms with van der Waals surface area (Å²) in [6.45, 7) is 25.1. The van der Waals surface area contributed by atoms with Crippen molar-refractivity contribution in [3.63, 3.8) is 0 Å². The van der Waals surface area contributed by atoms with Crippen molar-refractivity contribution >= 4 is 40.9 Å². The second kappa shape index (κ2) is 36.1. The van der Waals surface area contributed by atoms with Gasteiger partial charge in [-0.1, -0.05) is 120 Å². The smallest absolute Gasteiger partial charge is 0.337 e. The Labute approximate surface area is 371 Å². The number of rotatable bonds is 15. The Morgan fingerprint density at radius 1 is 0.967 bits per heavy atom. The van der Waals surface area contributed by atoms with Crippen LogP contribution in [-0.2, 0) is 34.1 Å². The number of allylic oxidation sites excluding steroid dienone is 11. The number of nitrogens with one attached hydrogen (secondary N) is 2. The Kier molecular flexibility index (Phi) is 35.0. The molecule has 3 rings (SSSR count). The van der Waals surface area contributed by atoms with E-state index in [1.54, 1.807) is 19.1 Å². The maximum absolute atomic E-state index is 11.5. The van der Waals surface area contributed by atoms with Crippen LogP contribution in [0.3, 0.4) is 0 Å². The number of carbonyl (C=O) groups is 3. The van der Waals surface area contributed by atoms with Crippen LogP contribution in [0, 0.1) is 18.1 Å². The van der Waals surface area contributed by atoms with Crippen molar-refractivity contribution in [2.24, 2.45) is 5.73 Å². The summed E-state index contributed by atoms with van der Waals surface area (Å²) in [6, 6.07) is 16.8. The Morgan fingerprint density at radius 3 is 2.13 bits per heavy atom. The van der Waals surface area contributed by atoms with Gasteiger partial charge in [-0.25, -0.2) is 16.9 Å². The third-order valence-electron chi connectivity index (χ3n) is 7.58. The first-order valence-corrected chi connectivity index (χ1v) is 19.3. The molecule has 60 heavy (non-hydrogen) atoms. The van der Waals surface area contributed by atoms with Crippen molar-refractivity contribution in [1.29, 1.82) is 5.41 Å². The first kappa shape index (κ1) is 58.3. The number of aromatic nitrogens is 2. The van der Waals surface area contributed by atoms with Gasteiger partial charge in [-0.3, -0.25) is 26.1 Å². The molecule has 324 valence electrons. The van der Waals surface area contributed by atoms with Crippen LogP contribution < -0.4 is 5.73 Å². The van der Waals surface area contributed by atoms with Crippen molar-refractivity contribution in [2.45, 2.75) is 81.1 Å². The van der Waals surface area contributed by atoms with Gasteiger partial charge in [-0.15, -0.1) is 41.1 Å². The maximum Gasteiger partial charge on any atom is 0.337 e. The molecule has 3 aromatic rings. The van der Waals surface area contributed by atoms with Gasteiger partial charge in [-0.05, 0) is 44.5 Å². The van der Waals surface area contributed by atoms with Crippen LogP contribution in [-0.4, -0.2) is 46.2 Å². The summed E-state index contributed by atoms with van der Waals surface area (Å²) in [5.41, 5.74) is 21.7. The number of esters is 1. The number of hydrogen-bond acceptors (Lipinski definition) is 7. The third kappa shape index (κ3) is 24.7. The fourth-order valence-electron chi connectivity index (χ4n) is 4.38. The second-order valence-electron chi connectivity index (χ2n) is 12.1. The first-order chi connectivity index (χ1) is 28.3. The molecule has 11 heteroatoms. The molecule has 5 N–H and O–H groups in total. The monoisotopic (exact) mass is 992 g/mol. The van der Waals surface area contributed by atoms with Crippen LogP contribution in [0.1, 0.15) is 108 Å². The van der Waals surface area contributed by atoms with Crippen molar-refractivity contribution in [3.05, 3.63) is 168 Å². The van der Waals surface area contributed by atoms with E-state index in [1.807, 2.05) is 56.5 Å². The number of carboxylic acid groups (broad SMARTS) is 1. The standard InChI is InChI=1S/C23H23N.C19H21N4O3.C4H10.C2H6.CH2O2.Os/c1-5-7-8-12-19(4)21-15-20(18(3)11-6-2)16-22(17-21)23-13-9-10-14-24-23;1-4-13(18(22)24)10-15(20)6-5-12(2)9-16(21)17-11-14(7-8-23-17)19(25)26-3;1-3-4-2;1-2;2-1-3;/h1,5,7-16H,6H2,2-4H3;4-5,7-11,20-21H,1,6H2,2-3H3,(H2,22,24);3-4H2,1-2H3;1-2H3;1H,(H,2,3);/q-2;-1;;;;/b8-7-,18-11+,19-12+;12-5-,13-10+,16-9-,20-15?;;;;. The van der Waals surface area contributed by atoms with Crippen LogP contribution in [0.2, 0.25) is 0 Å². The van der Waals surface area contributed by atoms with Crippen LogP contribution in [0.25, 0.3) is 33.8 Å². The summed E-state index contributed by atoms with van der Waals surface area (Å²) >= 11 is 0. The number of nitrogens with zero attached hydrogens (tertiary/aromatic N) is 2. The molecule has 0 spiro atoms. The molecule has 0 atom stereocenters. The van der Waals surface area contributed by atoms with E-state index in [9.17, 15) is 9.59 Å². The Balaban J connectivity index is -0.000000892. The van der Waals surface area contributed by atoms with Gasteiger partial charge in [0, 0.05) is 61.3 Å². The van der Waals surface area contributed by atoms with E-state index in [1.165, 1.54) is 67.6 Å². The molecule has 0 bridgehead atoms. The summed E-state index contributed by atoms with van der Waals surface area (Å²) in [7, 11) is 1.28. The van der Waals surface area contributed by atoms with E-state index in [0.717, 1.165) is 34.4 Å². The molecule has 2 aromatic heterocycles. The number of methoxy groups -OCH3 is 1. The summed E-state index contributed by atoms with van der Waals surface area (Å²) < 4.78 is 4.65. The molecule has 1 amide bonds. The predicted octanol–water partition coefficient (Wildman–Crippen LogP) is 12.1. The molecule has 0 aliphatic carbocycles. The minimum atomic E-state index is -0.643. The van der Waals surface area contributed by atoms with Gasteiger partial charge >= 0.3 is 5.97 Å². The van der Waals surface area contributed by atoms with Crippen LogP contribution in [0.5, 0.6) is 0 Å². The van der Waals surface area contributed by atoms with Crippen LogP contribution >= 0.6 is 0 Å². The summed E-state index contributed by atoms with van der Waals surface area (Å²) in [6.07, 6.45) is 22.7. The maximum atomic E-state index is 11.5. The fourth-order valence-corrected chi connectivity index (χ4v) is 4.38. The summed E-state index contributed by atoms with van der Waals surface area (Å²) in [5.74, 6) is -1.14. The summed E-state index contributed by atoms with van der Waals surface area (Å²) in [4.78, 5) is 39.5. The minimum Gasteiger partial charge on any atom is -0.697 e. The van der Waals surface area contributed by atoms with E-state index in [2.05, 4.69) is 80.2 Å². The largest absolute Gasteiger partial charge is 0.697 e. The molecule has 0 saturated heterocycles. The number of carbonyl (C=O) groups excluding carboxylic acids is 2. The topological polar surface area (TPSA) is 180 Å². The predicted molar refractivity (Wildman–Crippen MR) is 246 cm³/mol. The zero-order valence-corrected chi connectivity index (χ0v) is 39.0. The summed E-state index contributed by atoms with van der Waals surface area (Å²) in [5, 5.41) is 14.7. The Bertz CT molecular complexity index is 1970. The minimum absolute atomic E-state index is 0. The molecular formula is C49H62N5O5Os-3. The van der Waals surface area contributed by atoms with Gasteiger partial charge in [0.15, 0.2) is 0 Å². The number of hydrogen-bond donors (Lipinski definition) is 3. The zero-order valence-electron chi connectivity index (χ0n) is 36.5. The average molecular weight is 991 g/mol. The van der Waals surface area contributed by atoms with Gasteiger partial charge in [0.1, 0.15) is 0 Å². The van der Waals surface area contributed by atoms with Gasteiger partial charge < -0.3 is 26.7 Å². The molecule has 2 heterocycles. The molecule has 0 aliphatic rings. The molecular weight excluding hydrogens is 929 g/mol. The van der Waals surface area contributed by atoms with Gasteiger partial charge in [0.05, 0.1) is 12.7 Å². The quantitative estimate of drug-likeness (QED) is 0.0338. The van der Waals surface area contributed by atoms with Crippen LogP contribution in [0.4, 0.5) is 0 Å². The van der Waals surface area contributed by atoms with E-state index in [4.69, 9.17) is 33.4 Å². The molecule has 0 saturated carbocycles. The third-order valence-corrected chi connectivity index (χ3v) is 7.58. The average Bonchev–Trinajstić information content (AvgIpc) is 3.26. The Morgan fingerprint density at radius 2 is 1.62 bits per heavy atom. The zero-order chi connectivity index (χ0) is 45.2. The fraction of sp³-hybridized carbons (Fsp3) is 0.265. The first-order valence-electron chi connectivity index (χ1n) is 19.3. The SMILES string of the molecule is C=C/C(=C\C(=N)C/C=C(C)\C=C(/[NH-])c1cc(C(=O)OC)ccn1)C(N)=O.CC.CCCC.O=CO.[CH-]=C/C=C\C=C(/C)c1[c-]c(-c2ccccn2)cc(/C(C)=C/CC)c1.[Os]. The molecule has 0 aliphatic heterocycles. The number of benzene rings is 1. The van der Waals surface area contributed by atoms with E-state index < -0.39 is 11.9 Å². The van der Waals surface area contributed by atoms with E-state index in [-0.39, 0.29) is 49.7 Å². The van der Waals surface area contributed by atoms with Crippen molar-refractivity contribution in [1.82, 2.24) is 9.97 Å². The molecule has 0 fully saturated rings. The number of amides is 1. The van der Waals surface area contributed by atoms with Gasteiger partial charge in [0.2, 0.25) is 5.91 Å². The Hall–Kier alpha value is -6.04. The van der Waals surface area contributed by atoms with Crippen molar-refractivity contribution < 1.29 is 44.0 Å². The van der Waals surface area contributed by atoms with E-state index in [0.29, 0.717) is 11.3 Å². The second-order valence-corrected chi connectivity index (χ2v) is 12.1. The molecule has 0 radical (unpaired) electrons.